The summed E-state index contributed by atoms with van der Waals surface area (Å²) in [5.41, 5.74) is 1.15. The van der Waals surface area contributed by atoms with Crippen molar-refractivity contribution in [1.29, 1.82) is 0 Å². The van der Waals surface area contributed by atoms with E-state index in [1.54, 1.807) is 0 Å². The van der Waals surface area contributed by atoms with Crippen molar-refractivity contribution in [3.05, 3.63) is 52.0 Å². The van der Waals surface area contributed by atoms with Crippen molar-refractivity contribution < 1.29 is 0 Å². The molecule has 2 nitrogen and oxygen atoms in total. The summed E-state index contributed by atoms with van der Waals surface area (Å²) in [5, 5.41) is 3.60. The second-order valence-corrected chi connectivity index (χ2v) is 5.94. The van der Waals surface area contributed by atoms with Crippen LogP contribution in [0.25, 0.3) is 0 Å². The van der Waals surface area contributed by atoms with Gasteiger partial charge in [-0.2, -0.15) is 0 Å². The third-order valence-corrected chi connectivity index (χ3v) is 4.73. The molecular weight excluding hydrogens is 252 g/mol. The second-order valence-electron chi connectivity index (χ2n) is 4.74. The number of nitrogens with zero attached hydrogens (tertiary/aromatic N) is 1. The summed E-state index contributed by atoms with van der Waals surface area (Å²) < 4.78 is 0. The highest BCUT2D eigenvalue weighted by Crippen LogP contribution is 2.33. The molecule has 0 saturated carbocycles. The van der Waals surface area contributed by atoms with Gasteiger partial charge in [-0.25, -0.2) is 0 Å². The molecule has 1 N–H and O–H groups in total. The number of aryl methyl sites for hydroxylation is 1. The van der Waals surface area contributed by atoms with E-state index in [2.05, 4.69) is 55.3 Å². The highest BCUT2D eigenvalue weighted by atomic mass is 32.1. The molecule has 2 heterocycles. The van der Waals surface area contributed by atoms with Crippen molar-refractivity contribution in [2.24, 2.45) is 0 Å². The summed E-state index contributed by atoms with van der Waals surface area (Å²) in [6, 6.07) is 11.0. The molecule has 0 amide bonds. The van der Waals surface area contributed by atoms with E-state index in [0.29, 0.717) is 12.0 Å². The number of hydrogen-bond donors (Lipinski definition) is 1. The van der Waals surface area contributed by atoms with Crippen LogP contribution in [0.1, 0.15) is 48.2 Å². The standard InChI is InChI=1S/C16H22N2S/c1-4-13-9-10-15(19-13)16(17-5-2)12(3)14-8-6-7-11-18-14/h6-12,16-17H,4-5H2,1-3H3. The number of likely N-dealkylation sites (N-methyl/N-ethyl adjacent to an activating group) is 1. The van der Waals surface area contributed by atoms with E-state index in [0.717, 1.165) is 18.7 Å². The summed E-state index contributed by atoms with van der Waals surface area (Å²) >= 11 is 1.91. The topological polar surface area (TPSA) is 24.9 Å². The Morgan fingerprint density at radius 3 is 2.63 bits per heavy atom. The van der Waals surface area contributed by atoms with Crippen LogP contribution in [0.2, 0.25) is 0 Å². The maximum atomic E-state index is 4.50. The van der Waals surface area contributed by atoms with E-state index in [1.807, 2.05) is 23.6 Å². The number of nitrogens with one attached hydrogen (secondary N) is 1. The number of thiophene rings is 1. The fraction of sp³-hybridized carbons (Fsp3) is 0.438. The van der Waals surface area contributed by atoms with Crippen LogP contribution >= 0.6 is 11.3 Å². The first kappa shape index (κ1) is 14.2. The SMILES string of the molecule is CCNC(c1ccc(CC)s1)C(C)c1ccccn1. The zero-order chi connectivity index (χ0) is 13.7. The van der Waals surface area contributed by atoms with Crippen molar-refractivity contribution in [1.82, 2.24) is 10.3 Å². The molecule has 2 rings (SSSR count). The first-order valence-corrected chi connectivity index (χ1v) is 7.80. The van der Waals surface area contributed by atoms with Gasteiger partial charge in [0.1, 0.15) is 0 Å². The summed E-state index contributed by atoms with van der Waals surface area (Å²) in [4.78, 5) is 7.36. The smallest absolute Gasteiger partial charge is 0.0496 e. The lowest BCUT2D eigenvalue weighted by Crippen LogP contribution is -2.25. The lowest BCUT2D eigenvalue weighted by atomic mass is 9.96. The number of aromatic nitrogens is 1. The van der Waals surface area contributed by atoms with Gasteiger partial charge in [-0.3, -0.25) is 4.98 Å². The Labute approximate surface area is 119 Å². The predicted octanol–water partition coefficient (Wildman–Crippen LogP) is 4.16. The van der Waals surface area contributed by atoms with Crippen LogP contribution < -0.4 is 5.32 Å². The molecule has 0 saturated heterocycles. The molecule has 0 radical (unpaired) electrons. The van der Waals surface area contributed by atoms with Gasteiger partial charge in [0, 0.05) is 33.6 Å². The first-order chi connectivity index (χ1) is 9.26. The molecule has 102 valence electrons. The van der Waals surface area contributed by atoms with E-state index >= 15 is 0 Å². The Morgan fingerprint density at radius 2 is 2.05 bits per heavy atom. The van der Waals surface area contributed by atoms with Gasteiger partial charge < -0.3 is 5.32 Å². The fourth-order valence-electron chi connectivity index (χ4n) is 2.31. The molecule has 0 aliphatic heterocycles. The Hall–Kier alpha value is -1.19. The summed E-state index contributed by atoms with van der Waals surface area (Å²) in [6.45, 7) is 7.59. The van der Waals surface area contributed by atoms with Crippen molar-refractivity contribution in [3.8, 4) is 0 Å². The Kier molecular flexibility index (Phi) is 5.11. The Morgan fingerprint density at radius 1 is 1.21 bits per heavy atom. The van der Waals surface area contributed by atoms with Gasteiger partial charge in [0.05, 0.1) is 0 Å². The van der Waals surface area contributed by atoms with E-state index in [9.17, 15) is 0 Å². The van der Waals surface area contributed by atoms with Gasteiger partial charge in [-0.05, 0) is 37.2 Å². The second kappa shape index (κ2) is 6.83. The van der Waals surface area contributed by atoms with E-state index in [1.165, 1.54) is 9.75 Å². The van der Waals surface area contributed by atoms with Crippen LogP contribution in [0.5, 0.6) is 0 Å². The minimum absolute atomic E-state index is 0.352. The molecule has 0 aliphatic carbocycles. The number of rotatable bonds is 6. The average Bonchev–Trinajstić information content (AvgIpc) is 2.93. The Balaban J connectivity index is 2.24. The molecule has 0 aliphatic rings. The maximum Gasteiger partial charge on any atom is 0.0496 e. The molecular formula is C16H22N2S. The van der Waals surface area contributed by atoms with Crippen molar-refractivity contribution in [2.75, 3.05) is 6.54 Å². The molecule has 2 aromatic heterocycles. The summed E-state index contributed by atoms with van der Waals surface area (Å²) in [5.74, 6) is 0.379. The van der Waals surface area contributed by atoms with Gasteiger partial charge >= 0.3 is 0 Å². The summed E-state index contributed by atoms with van der Waals surface area (Å²) in [7, 11) is 0. The monoisotopic (exact) mass is 274 g/mol. The fourth-order valence-corrected chi connectivity index (χ4v) is 3.45. The van der Waals surface area contributed by atoms with Crippen LogP contribution in [-0.4, -0.2) is 11.5 Å². The zero-order valence-electron chi connectivity index (χ0n) is 11.9. The van der Waals surface area contributed by atoms with Crippen LogP contribution in [0.3, 0.4) is 0 Å². The number of hydrogen-bond acceptors (Lipinski definition) is 3. The average molecular weight is 274 g/mol. The molecule has 2 aromatic rings. The van der Waals surface area contributed by atoms with E-state index in [4.69, 9.17) is 0 Å². The largest absolute Gasteiger partial charge is 0.309 e. The molecule has 0 fully saturated rings. The van der Waals surface area contributed by atoms with Gasteiger partial charge in [0.25, 0.3) is 0 Å². The highest BCUT2D eigenvalue weighted by Gasteiger charge is 2.22. The molecule has 3 heteroatoms. The molecule has 0 aromatic carbocycles. The van der Waals surface area contributed by atoms with Crippen molar-refractivity contribution >= 4 is 11.3 Å². The first-order valence-electron chi connectivity index (χ1n) is 6.99. The third-order valence-electron chi connectivity index (χ3n) is 3.42. The normalized spacial score (nSPS) is 14.3. The van der Waals surface area contributed by atoms with Gasteiger partial charge in [0.2, 0.25) is 0 Å². The van der Waals surface area contributed by atoms with Crippen LogP contribution in [0.15, 0.2) is 36.5 Å². The summed E-state index contributed by atoms with van der Waals surface area (Å²) in [6.07, 6.45) is 2.99. The van der Waals surface area contributed by atoms with Gasteiger partial charge in [-0.1, -0.05) is 26.8 Å². The molecule has 2 atom stereocenters. The van der Waals surface area contributed by atoms with Crippen LogP contribution in [0.4, 0.5) is 0 Å². The third kappa shape index (κ3) is 3.43. The maximum absolute atomic E-state index is 4.50. The molecule has 19 heavy (non-hydrogen) atoms. The zero-order valence-corrected chi connectivity index (χ0v) is 12.7. The predicted molar refractivity (Wildman–Crippen MR) is 82.8 cm³/mol. The minimum atomic E-state index is 0.352. The van der Waals surface area contributed by atoms with Gasteiger partial charge in [-0.15, -0.1) is 11.3 Å². The molecule has 0 spiro atoms. The molecule has 2 unspecified atom stereocenters. The lowest BCUT2D eigenvalue weighted by Gasteiger charge is -2.23. The quantitative estimate of drug-likeness (QED) is 0.855. The van der Waals surface area contributed by atoms with Gasteiger partial charge in [0.15, 0.2) is 0 Å². The van der Waals surface area contributed by atoms with Crippen molar-refractivity contribution in [2.45, 2.75) is 39.2 Å². The van der Waals surface area contributed by atoms with Crippen molar-refractivity contribution in [3.63, 3.8) is 0 Å². The van der Waals surface area contributed by atoms with E-state index < -0.39 is 0 Å². The number of pyridine rings is 1. The lowest BCUT2D eigenvalue weighted by molar-refractivity contribution is 0.479. The van der Waals surface area contributed by atoms with Crippen LogP contribution in [-0.2, 0) is 6.42 Å². The van der Waals surface area contributed by atoms with E-state index in [-0.39, 0.29) is 0 Å². The Bertz CT molecular complexity index is 492. The van der Waals surface area contributed by atoms with Crippen LogP contribution in [0, 0.1) is 0 Å². The highest BCUT2D eigenvalue weighted by molar-refractivity contribution is 7.12. The molecule has 0 bridgehead atoms. The minimum Gasteiger partial charge on any atom is -0.309 e.